The maximum atomic E-state index is 12.9. The first-order chi connectivity index (χ1) is 5.16. The second-order valence-corrected chi connectivity index (χ2v) is 2.82. The Kier molecular flexibility index (Phi) is 2.28. The van der Waals surface area contributed by atoms with Crippen LogP contribution in [0.15, 0.2) is 12.1 Å². The lowest BCUT2D eigenvalue weighted by Crippen LogP contribution is -1.94. The van der Waals surface area contributed by atoms with Crippen LogP contribution >= 0.6 is 0 Å². The van der Waals surface area contributed by atoms with Gasteiger partial charge in [0, 0.05) is 0 Å². The van der Waals surface area contributed by atoms with Gasteiger partial charge in [0.2, 0.25) is 0 Å². The smallest absolute Gasteiger partial charge is 0.126 e. The standard InChI is InChI=1S/C10H13F/c1-4-9-7(2)5-6-10(11)8(9)3/h5-6H,4H2,1-3H3. The Bertz CT molecular complexity index is 264. The maximum Gasteiger partial charge on any atom is 0.126 e. The number of hydrogen-bond donors (Lipinski definition) is 0. The van der Waals surface area contributed by atoms with E-state index in [-0.39, 0.29) is 5.82 Å². The van der Waals surface area contributed by atoms with Crippen molar-refractivity contribution < 1.29 is 4.39 Å². The molecule has 0 spiro atoms. The van der Waals surface area contributed by atoms with E-state index in [0.717, 1.165) is 17.5 Å². The van der Waals surface area contributed by atoms with Crippen molar-refractivity contribution in [1.29, 1.82) is 0 Å². The normalized spacial score (nSPS) is 10.2. The summed E-state index contributed by atoms with van der Waals surface area (Å²) in [4.78, 5) is 0. The molecule has 0 saturated carbocycles. The number of benzene rings is 1. The van der Waals surface area contributed by atoms with Gasteiger partial charge in [0.15, 0.2) is 0 Å². The highest BCUT2D eigenvalue weighted by Gasteiger charge is 2.03. The molecule has 0 heterocycles. The van der Waals surface area contributed by atoms with Crippen LogP contribution in [0, 0.1) is 19.7 Å². The van der Waals surface area contributed by atoms with Gasteiger partial charge < -0.3 is 0 Å². The van der Waals surface area contributed by atoms with E-state index in [1.54, 1.807) is 0 Å². The average molecular weight is 152 g/mol. The van der Waals surface area contributed by atoms with Crippen LogP contribution in [0.1, 0.15) is 23.6 Å². The summed E-state index contributed by atoms with van der Waals surface area (Å²) >= 11 is 0. The molecule has 0 aromatic heterocycles. The predicted molar refractivity (Wildman–Crippen MR) is 45.3 cm³/mol. The third-order valence-corrected chi connectivity index (χ3v) is 2.12. The molecule has 0 radical (unpaired) electrons. The Morgan fingerprint density at radius 2 is 1.91 bits per heavy atom. The van der Waals surface area contributed by atoms with Crippen molar-refractivity contribution in [3.8, 4) is 0 Å². The number of aryl methyl sites for hydroxylation is 1. The summed E-state index contributed by atoms with van der Waals surface area (Å²) < 4.78 is 12.9. The van der Waals surface area contributed by atoms with Gasteiger partial charge in [-0.2, -0.15) is 0 Å². The average Bonchev–Trinajstić information content (AvgIpc) is 1.99. The van der Waals surface area contributed by atoms with E-state index in [1.165, 1.54) is 11.6 Å². The van der Waals surface area contributed by atoms with E-state index in [4.69, 9.17) is 0 Å². The zero-order valence-electron chi connectivity index (χ0n) is 7.24. The highest BCUT2D eigenvalue weighted by molar-refractivity contribution is 5.34. The highest BCUT2D eigenvalue weighted by Crippen LogP contribution is 2.16. The minimum atomic E-state index is -0.0903. The minimum absolute atomic E-state index is 0.0903. The molecule has 0 N–H and O–H groups in total. The van der Waals surface area contributed by atoms with E-state index >= 15 is 0 Å². The maximum absolute atomic E-state index is 12.9. The van der Waals surface area contributed by atoms with Gasteiger partial charge in [-0.15, -0.1) is 0 Å². The Hall–Kier alpha value is -0.850. The lowest BCUT2D eigenvalue weighted by Gasteiger charge is -2.07. The zero-order valence-corrected chi connectivity index (χ0v) is 7.24. The molecular weight excluding hydrogens is 139 g/mol. The molecule has 11 heavy (non-hydrogen) atoms. The summed E-state index contributed by atoms with van der Waals surface area (Å²) in [5.74, 6) is -0.0903. The van der Waals surface area contributed by atoms with Gasteiger partial charge in [0.25, 0.3) is 0 Å². The molecule has 1 rings (SSSR count). The van der Waals surface area contributed by atoms with Crippen LogP contribution in [0.5, 0.6) is 0 Å². The van der Waals surface area contributed by atoms with Gasteiger partial charge in [-0.25, -0.2) is 4.39 Å². The molecule has 0 bridgehead atoms. The van der Waals surface area contributed by atoms with Crippen molar-refractivity contribution in [1.82, 2.24) is 0 Å². The SMILES string of the molecule is CCc1c(C)ccc(F)c1C. The van der Waals surface area contributed by atoms with E-state index in [0.29, 0.717) is 0 Å². The van der Waals surface area contributed by atoms with Crippen LogP contribution in [0.2, 0.25) is 0 Å². The first-order valence-electron chi connectivity index (χ1n) is 3.91. The first-order valence-corrected chi connectivity index (χ1v) is 3.91. The van der Waals surface area contributed by atoms with Gasteiger partial charge in [0.05, 0.1) is 0 Å². The van der Waals surface area contributed by atoms with Crippen LogP contribution in [-0.2, 0) is 6.42 Å². The fourth-order valence-electron chi connectivity index (χ4n) is 1.41. The number of hydrogen-bond acceptors (Lipinski definition) is 0. The summed E-state index contributed by atoms with van der Waals surface area (Å²) in [6.07, 6.45) is 0.912. The number of rotatable bonds is 1. The van der Waals surface area contributed by atoms with E-state index in [1.807, 2.05) is 19.9 Å². The largest absolute Gasteiger partial charge is 0.207 e. The molecule has 0 fully saturated rings. The Labute approximate surface area is 67.1 Å². The van der Waals surface area contributed by atoms with Crippen molar-refractivity contribution in [3.63, 3.8) is 0 Å². The molecule has 0 atom stereocenters. The summed E-state index contributed by atoms with van der Waals surface area (Å²) in [5.41, 5.74) is 3.13. The van der Waals surface area contributed by atoms with Gasteiger partial charge in [-0.3, -0.25) is 0 Å². The lowest BCUT2D eigenvalue weighted by atomic mass is 10.0. The van der Waals surface area contributed by atoms with Crippen LogP contribution in [0.25, 0.3) is 0 Å². The fourth-order valence-corrected chi connectivity index (χ4v) is 1.41. The summed E-state index contributed by atoms with van der Waals surface area (Å²) in [6.45, 7) is 5.90. The van der Waals surface area contributed by atoms with Gasteiger partial charge in [0.1, 0.15) is 5.82 Å². The predicted octanol–water partition coefficient (Wildman–Crippen LogP) is 3.00. The molecule has 60 valence electrons. The quantitative estimate of drug-likeness (QED) is 0.580. The molecule has 1 aromatic carbocycles. The van der Waals surface area contributed by atoms with Gasteiger partial charge in [-0.1, -0.05) is 13.0 Å². The van der Waals surface area contributed by atoms with Crippen molar-refractivity contribution in [2.45, 2.75) is 27.2 Å². The Balaban J connectivity index is 3.29. The molecule has 0 unspecified atom stereocenters. The highest BCUT2D eigenvalue weighted by atomic mass is 19.1. The Morgan fingerprint density at radius 1 is 1.27 bits per heavy atom. The molecule has 0 aliphatic carbocycles. The Morgan fingerprint density at radius 3 is 2.36 bits per heavy atom. The molecule has 0 nitrogen and oxygen atoms in total. The second-order valence-electron chi connectivity index (χ2n) is 2.82. The van der Waals surface area contributed by atoms with Crippen molar-refractivity contribution in [3.05, 3.63) is 34.6 Å². The van der Waals surface area contributed by atoms with Crippen LogP contribution in [0.3, 0.4) is 0 Å². The van der Waals surface area contributed by atoms with E-state index in [2.05, 4.69) is 6.92 Å². The van der Waals surface area contributed by atoms with Crippen molar-refractivity contribution in [2.24, 2.45) is 0 Å². The minimum Gasteiger partial charge on any atom is -0.207 e. The molecular formula is C10H13F. The molecule has 1 aromatic rings. The molecule has 0 aliphatic rings. The van der Waals surface area contributed by atoms with Gasteiger partial charge >= 0.3 is 0 Å². The van der Waals surface area contributed by atoms with Crippen LogP contribution in [-0.4, -0.2) is 0 Å². The third-order valence-electron chi connectivity index (χ3n) is 2.12. The van der Waals surface area contributed by atoms with Crippen LogP contribution < -0.4 is 0 Å². The number of halogens is 1. The second kappa shape index (κ2) is 3.04. The fraction of sp³-hybridized carbons (Fsp3) is 0.400. The summed E-state index contributed by atoms with van der Waals surface area (Å²) in [6, 6.07) is 3.37. The summed E-state index contributed by atoms with van der Waals surface area (Å²) in [7, 11) is 0. The zero-order chi connectivity index (χ0) is 8.43. The monoisotopic (exact) mass is 152 g/mol. The molecule has 0 aliphatic heterocycles. The van der Waals surface area contributed by atoms with E-state index in [9.17, 15) is 4.39 Å². The third kappa shape index (κ3) is 1.42. The van der Waals surface area contributed by atoms with Crippen molar-refractivity contribution >= 4 is 0 Å². The summed E-state index contributed by atoms with van der Waals surface area (Å²) in [5, 5.41) is 0. The topological polar surface area (TPSA) is 0 Å². The van der Waals surface area contributed by atoms with Gasteiger partial charge in [-0.05, 0) is 43.0 Å². The molecule has 1 heteroatoms. The van der Waals surface area contributed by atoms with E-state index < -0.39 is 0 Å². The first kappa shape index (κ1) is 8.25. The molecule has 0 saturated heterocycles. The lowest BCUT2D eigenvalue weighted by molar-refractivity contribution is 0.615. The molecule has 0 amide bonds. The van der Waals surface area contributed by atoms with Crippen LogP contribution in [0.4, 0.5) is 4.39 Å². The van der Waals surface area contributed by atoms with Crippen molar-refractivity contribution in [2.75, 3.05) is 0 Å².